The minimum Gasteiger partial charge on any atom is -0.325 e. The lowest BCUT2D eigenvalue weighted by molar-refractivity contribution is -0.113. The fraction of sp³-hybridized carbons (Fsp3) is 0.222. The molecule has 34 heavy (non-hydrogen) atoms. The van der Waals surface area contributed by atoms with E-state index >= 15 is 0 Å². The van der Waals surface area contributed by atoms with Crippen LogP contribution in [0.15, 0.2) is 78.0 Å². The molecule has 1 aromatic heterocycles. The molecule has 0 aliphatic carbocycles. The first kappa shape index (κ1) is 23.7. The molecule has 0 saturated heterocycles. The van der Waals surface area contributed by atoms with E-state index in [1.54, 1.807) is 0 Å². The Morgan fingerprint density at radius 1 is 0.941 bits per heavy atom. The second kappa shape index (κ2) is 9.81. The normalized spacial score (nSPS) is 11.4. The van der Waals surface area contributed by atoms with E-state index in [2.05, 4.69) is 60.6 Å². The summed E-state index contributed by atoms with van der Waals surface area (Å²) in [5.74, 6) is 0.308. The smallest absolute Gasteiger partial charge is 0.234 e. The molecule has 0 aliphatic heterocycles. The molecule has 4 aromatic rings. The second-order valence-electron chi connectivity index (χ2n) is 9.15. The van der Waals surface area contributed by atoms with E-state index in [1.807, 2.05) is 35.8 Å². The number of nitrogens with zero attached hydrogens (tertiary/aromatic N) is 3. The van der Waals surface area contributed by atoms with Gasteiger partial charge in [-0.05, 0) is 54.3 Å². The number of amides is 1. The number of rotatable bonds is 6. The van der Waals surface area contributed by atoms with Crippen LogP contribution < -0.4 is 5.32 Å². The molecule has 5 nitrogen and oxygen atoms in total. The van der Waals surface area contributed by atoms with Gasteiger partial charge in [0.15, 0.2) is 11.0 Å². The Hall–Kier alpha value is -3.45. The van der Waals surface area contributed by atoms with Crippen LogP contribution in [0.4, 0.5) is 10.1 Å². The largest absolute Gasteiger partial charge is 0.325 e. The highest BCUT2D eigenvalue weighted by Gasteiger charge is 2.19. The van der Waals surface area contributed by atoms with E-state index in [0.29, 0.717) is 16.7 Å². The van der Waals surface area contributed by atoms with Gasteiger partial charge in [-0.15, -0.1) is 10.2 Å². The standard InChI is InChI=1S/C27H27FN4OS/c1-18-5-15-23(16-6-18)32-25(19-7-9-20(10-8-19)27(2,3)4)30-31-26(32)34-17-24(33)29-22-13-11-21(28)12-14-22/h5-16H,17H2,1-4H3,(H,29,33). The molecule has 7 heteroatoms. The summed E-state index contributed by atoms with van der Waals surface area (Å²) in [5.41, 5.74) is 4.87. The van der Waals surface area contributed by atoms with Crippen molar-refractivity contribution in [2.24, 2.45) is 0 Å². The fourth-order valence-electron chi connectivity index (χ4n) is 3.46. The molecule has 1 amide bonds. The summed E-state index contributed by atoms with van der Waals surface area (Å²) in [6, 6.07) is 22.2. The number of carbonyl (C=O) groups is 1. The van der Waals surface area contributed by atoms with Gasteiger partial charge in [-0.25, -0.2) is 4.39 Å². The lowest BCUT2D eigenvalue weighted by atomic mass is 9.87. The van der Waals surface area contributed by atoms with Gasteiger partial charge in [0.1, 0.15) is 5.82 Å². The molecule has 0 atom stereocenters. The third-order valence-electron chi connectivity index (χ3n) is 5.39. The molecule has 1 N–H and O–H groups in total. The SMILES string of the molecule is Cc1ccc(-n2c(SCC(=O)Nc3ccc(F)cc3)nnc2-c2ccc(C(C)(C)C)cc2)cc1. The molecule has 0 unspecified atom stereocenters. The van der Waals surface area contributed by atoms with E-state index in [9.17, 15) is 9.18 Å². The first-order valence-electron chi connectivity index (χ1n) is 11.0. The van der Waals surface area contributed by atoms with Crippen LogP contribution in [-0.4, -0.2) is 26.4 Å². The van der Waals surface area contributed by atoms with Crippen molar-refractivity contribution in [1.82, 2.24) is 14.8 Å². The lowest BCUT2D eigenvalue weighted by Gasteiger charge is -2.19. The molecular formula is C27H27FN4OS. The first-order chi connectivity index (χ1) is 16.2. The fourth-order valence-corrected chi connectivity index (χ4v) is 4.21. The maximum Gasteiger partial charge on any atom is 0.234 e. The molecule has 0 saturated carbocycles. The Morgan fingerprint density at radius 3 is 2.21 bits per heavy atom. The second-order valence-corrected chi connectivity index (χ2v) is 10.1. The van der Waals surface area contributed by atoms with Gasteiger partial charge < -0.3 is 5.32 Å². The van der Waals surface area contributed by atoms with E-state index in [4.69, 9.17) is 0 Å². The minimum absolute atomic E-state index is 0.0576. The number of hydrogen-bond donors (Lipinski definition) is 1. The average molecular weight is 475 g/mol. The van der Waals surface area contributed by atoms with Crippen molar-refractivity contribution < 1.29 is 9.18 Å². The van der Waals surface area contributed by atoms with E-state index in [1.165, 1.54) is 41.6 Å². The van der Waals surface area contributed by atoms with Crippen LogP contribution in [0.1, 0.15) is 31.9 Å². The Morgan fingerprint density at radius 2 is 1.59 bits per heavy atom. The minimum atomic E-state index is -0.346. The van der Waals surface area contributed by atoms with Crippen molar-refractivity contribution in [2.75, 3.05) is 11.1 Å². The van der Waals surface area contributed by atoms with Crippen molar-refractivity contribution >= 4 is 23.4 Å². The van der Waals surface area contributed by atoms with Crippen LogP contribution in [0.25, 0.3) is 17.1 Å². The number of carbonyl (C=O) groups excluding carboxylic acids is 1. The molecule has 174 valence electrons. The van der Waals surface area contributed by atoms with Gasteiger partial charge in [-0.1, -0.05) is 74.5 Å². The third-order valence-corrected chi connectivity index (χ3v) is 6.32. The zero-order valence-electron chi connectivity index (χ0n) is 19.7. The van der Waals surface area contributed by atoms with Crippen molar-refractivity contribution in [3.63, 3.8) is 0 Å². The molecule has 1 heterocycles. The van der Waals surface area contributed by atoms with Gasteiger partial charge in [0.2, 0.25) is 5.91 Å². The topological polar surface area (TPSA) is 59.8 Å². The van der Waals surface area contributed by atoms with Gasteiger partial charge in [0.25, 0.3) is 0 Å². The Kier molecular flexibility index (Phi) is 6.84. The predicted molar refractivity (Wildman–Crippen MR) is 136 cm³/mol. The van der Waals surface area contributed by atoms with Crippen molar-refractivity contribution in [3.05, 3.63) is 89.7 Å². The highest BCUT2D eigenvalue weighted by molar-refractivity contribution is 7.99. The number of halogens is 1. The van der Waals surface area contributed by atoms with Crippen LogP contribution in [0.3, 0.4) is 0 Å². The van der Waals surface area contributed by atoms with Gasteiger partial charge in [0, 0.05) is 16.9 Å². The first-order valence-corrected chi connectivity index (χ1v) is 12.0. The van der Waals surface area contributed by atoms with E-state index < -0.39 is 0 Å². The number of aryl methyl sites for hydroxylation is 1. The summed E-state index contributed by atoms with van der Waals surface area (Å²) in [6.07, 6.45) is 0. The summed E-state index contributed by atoms with van der Waals surface area (Å²) in [6.45, 7) is 8.59. The summed E-state index contributed by atoms with van der Waals surface area (Å²) in [4.78, 5) is 12.5. The number of anilines is 1. The average Bonchev–Trinajstić information content (AvgIpc) is 3.23. The Labute approximate surface area is 203 Å². The quantitative estimate of drug-likeness (QED) is 0.328. The summed E-state index contributed by atoms with van der Waals surface area (Å²) in [7, 11) is 0. The van der Waals surface area contributed by atoms with Crippen LogP contribution in [-0.2, 0) is 10.2 Å². The number of nitrogens with one attached hydrogen (secondary N) is 1. The third kappa shape index (κ3) is 5.54. The summed E-state index contributed by atoms with van der Waals surface area (Å²) < 4.78 is 15.1. The zero-order valence-corrected chi connectivity index (χ0v) is 20.5. The molecular weight excluding hydrogens is 447 g/mol. The highest BCUT2D eigenvalue weighted by atomic mass is 32.2. The summed E-state index contributed by atoms with van der Waals surface area (Å²) >= 11 is 1.30. The van der Waals surface area contributed by atoms with Gasteiger partial charge >= 0.3 is 0 Å². The van der Waals surface area contributed by atoms with Gasteiger partial charge in [-0.3, -0.25) is 9.36 Å². The van der Waals surface area contributed by atoms with Gasteiger partial charge in [-0.2, -0.15) is 0 Å². The van der Waals surface area contributed by atoms with Crippen molar-refractivity contribution in [2.45, 2.75) is 38.3 Å². The molecule has 0 aliphatic rings. The number of aromatic nitrogens is 3. The Balaban J connectivity index is 1.61. The van der Waals surface area contributed by atoms with E-state index in [0.717, 1.165) is 16.8 Å². The Bertz CT molecular complexity index is 1270. The highest BCUT2D eigenvalue weighted by Crippen LogP contribution is 2.30. The van der Waals surface area contributed by atoms with E-state index in [-0.39, 0.29) is 22.9 Å². The lowest BCUT2D eigenvalue weighted by Crippen LogP contribution is -2.14. The monoisotopic (exact) mass is 474 g/mol. The predicted octanol–water partition coefficient (Wildman–Crippen LogP) is 6.41. The zero-order chi connectivity index (χ0) is 24.3. The van der Waals surface area contributed by atoms with Crippen LogP contribution in [0.2, 0.25) is 0 Å². The molecule has 0 fully saturated rings. The summed E-state index contributed by atoms with van der Waals surface area (Å²) in [5, 5.41) is 12.3. The number of benzene rings is 3. The maximum absolute atomic E-state index is 13.1. The molecule has 0 spiro atoms. The number of thioether (sulfide) groups is 1. The van der Waals surface area contributed by atoms with Crippen molar-refractivity contribution in [1.29, 1.82) is 0 Å². The maximum atomic E-state index is 13.1. The van der Waals surface area contributed by atoms with Gasteiger partial charge in [0.05, 0.1) is 5.75 Å². The van der Waals surface area contributed by atoms with Crippen molar-refractivity contribution in [3.8, 4) is 17.1 Å². The van der Waals surface area contributed by atoms with Crippen LogP contribution in [0.5, 0.6) is 0 Å². The number of hydrogen-bond acceptors (Lipinski definition) is 4. The molecule has 4 rings (SSSR count). The van der Waals surface area contributed by atoms with Crippen LogP contribution >= 0.6 is 11.8 Å². The molecule has 3 aromatic carbocycles. The van der Waals surface area contributed by atoms with Crippen LogP contribution in [0, 0.1) is 12.7 Å². The molecule has 0 bridgehead atoms. The molecule has 0 radical (unpaired) electrons.